The van der Waals surface area contributed by atoms with E-state index in [0.717, 1.165) is 23.1 Å². The van der Waals surface area contributed by atoms with E-state index < -0.39 is 11.2 Å². The van der Waals surface area contributed by atoms with E-state index in [4.69, 9.17) is 0 Å². The Labute approximate surface area is 132 Å². The van der Waals surface area contributed by atoms with Gasteiger partial charge >= 0.3 is 5.69 Å². The van der Waals surface area contributed by atoms with Crippen molar-refractivity contribution in [1.29, 1.82) is 0 Å². The zero-order valence-electron chi connectivity index (χ0n) is 13.1. The quantitative estimate of drug-likeness (QED) is 0.807. The van der Waals surface area contributed by atoms with E-state index >= 15 is 0 Å². The molecule has 23 heavy (non-hydrogen) atoms. The van der Waals surface area contributed by atoms with E-state index in [2.05, 4.69) is 4.98 Å². The average Bonchev–Trinajstić information content (AvgIpc) is 3.06. The summed E-state index contributed by atoms with van der Waals surface area (Å²) in [7, 11) is 2.90. The van der Waals surface area contributed by atoms with Crippen LogP contribution in [0, 0.1) is 0 Å². The van der Waals surface area contributed by atoms with Crippen LogP contribution in [0.15, 0.2) is 40.1 Å². The van der Waals surface area contributed by atoms with Gasteiger partial charge < -0.3 is 4.90 Å². The number of aromatic nitrogens is 3. The number of carbonyl (C=O) groups excluding carboxylic acids is 1. The molecule has 1 amide bonds. The number of hydrogen-bond acceptors (Lipinski definition) is 4. The molecule has 1 aliphatic heterocycles. The monoisotopic (exact) mass is 314 g/mol. The number of amides is 1. The third-order valence-corrected chi connectivity index (χ3v) is 4.29. The van der Waals surface area contributed by atoms with E-state index in [0.29, 0.717) is 6.54 Å². The summed E-state index contributed by atoms with van der Waals surface area (Å²) < 4.78 is 2.20. The molecule has 7 nitrogen and oxygen atoms in total. The molecule has 120 valence electrons. The Hall–Kier alpha value is -2.70. The summed E-state index contributed by atoms with van der Waals surface area (Å²) in [5, 5.41) is 0. The van der Waals surface area contributed by atoms with Gasteiger partial charge in [0.2, 0.25) is 0 Å². The normalized spacial score (nSPS) is 17.5. The van der Waals surface area contributed by atoms with Crippen molar-refractivity contribution in [2.45, 2.75) is 18.9 Å². The summed E-state index contributed by atoms with van der Waals surface area (Å²) in [6.45, 7) is 0.587. The fourth-order valence-electron chi connectivity index (χ4n) is 2.98. The van der Waals surface area contributed by atoms with E-state index in [-0.39, 0.29) is 17.6 Å². The third kappa shape index (κ3) is 2.58. The Balaban J connectivity index is 2.01. The van der Waals surface area contributed by atoms with Crippen LogP contribution < -0.4 is 11.2 Å². The lowest BCUT2D eigenvalue weighted by Gasteiger charge is -2.25. The van der Waals surface area contributed by atoms with Crippen LogP contribution in [0.1, 0.15) is 35.1 Å². The van der Waals surface area contributed by atoms with Gasteiger partial charge in [0.1, 0.15) is 5.69 Å². The number of nitrogens with zero attached hydrogens (tertiary/aromatic N) is 4. The molecule has 1 aliphatic rings. The summed E-state index contributed by atoms with van der Waals surface area (Å²) in [5.41, 5.74) is -0.0485. The van der Waals surface area contributed by atoms with Crippen molar-refractivity contribution in [3.8, 4) is 0 Å². The molecular weight excluding hydrogens is 296 g/mol. The molecule has 0 N–H and O–H groups in total. The van der Waals surface area contributed by atoms with Crippen LogP contribution in [0.5, 0.6) is 0 Å². The number of carbonyl (C=O) groups is 1. The molecule has 2 aromatic heterocycles. The summed E-state index contributed by atoms with van der Waals surface area (Å²) in [4.78, 5) is 42.8. The Morgan fingerprint density at radius 1 is 1.22 bits per heavy atom. The van der Waals surface area contributed by atoms with Crippen LogP contribution in [0.2, 0.25) is 0 Å². The van der Waals surface area contributed by atoms with Gasteiger partial charge in [-0.1, -0.05) is 6.07 Å². The first-order valence-corrected chi connectivity index (χ1v) is 7.49. The highest BCUT2D eigenvalue weighted by molar-refractivity contribution is 5.93. The molecule has 0 aliphatic carbocycles. The lowest BCUT2D eigenvalue weighted by Crippen LogP contribution is -2.42. The van der Waals surface area contributed by atoms with Gasteiger partial charge in [-0.25, -0.2) is 4.79 Å². The molecule has 3 rings (SSSR count). The first-order valence-electron chi connectivity index (χ1n) is 7.49. The molecule has 2 aromatic rings. The highest BCUT2D eigenvalue weighted by atomic mass is 16.2. The highest BCUT2D eigenvalue weighted by Gasteiger charge is 2.32. The topological polar surface area (TPSA) is 77.2 Å². The van der Waals surface area contributed by atoms with Gasteiger partial charge in [-0.05, 0) is 25.0 Å². The maximum absolute atomic E-state index is 12.9. The molecular formula is C16H18N4O3. The molecule has 0 saturated carbocycles. The van der Waals surface area contributed by atoms with Crippen molar-refractivity contribution in [3.05, 3.63) is 62.7 Å². The minimum Gasteiger partial charge on any atom is -0.329 e. The number of pyridine rings is 1. The molecule has 7 heteroatoms. The van der Waals surface area contributed by atoms with Crippen LogP contribution in [-0.2, 0) is 14.1 Å². The Morgan fingerprint density at radius 2 is 2.00 bits per heavy atom. The molecule has 0 spiro atoms. The zero-order valence-corrected chi connectivity index (χ0v) is 13.1. The molecule has 1 saturated heterocycles. The number of likely N-dealkylation sites (tertiary alicyclic amines) is 1. The third-order valence-electron chi connectivity index (χ3n) is 4.29. The van der Waals surface area contributed by atoms with Crippen molar-refractivity contribution in [1.82, 2.24) is 19.0 Å². The van der Waals surface area contributed by atoms with E-state index in [1.807, 2.05) is 18.2 Å². The van der Waals surface area contributed by atoms with Crippen LogP contribution >= 0.6 is 0 Å². The lowest BCUT2D eigenvalue weighted by molar-refractivity contribution is 0.0720. The van der Waals surface area contributed by atoms with Gasteiger partial charge in [-0.3, -0.25) is 23.7 Å². The highest BCUT2D eigenvalue weighted by Crippen LogP contribution is 2.31. The SMILES string of the molecule is Cn1c(C(=O)N2CCCC2c2ccccn2)cc(=O)n(C)c1=O. The first-order chi connectivity index (χ1) is 11.0. The second-order valence-corrected chi connectivity index (χ2v) is 5.68. The van der Waals surface area contributed by atoms with Crippen LogP contribution in [0.3, 0.4) is 0 Å². The summed E-state index contributed by atoms with van der Waals surface area (Å²) in [6, 6.07) is 6.70. The molecule has 1 atom stereocenters. The maximum atomic E-state index is 12.9. The van der Waals surface area contributed by atoms with Crippen LogP contribution in [0.25, 0.3) is 0 Å². The number of hydrogen-bond donors (Lipinski definition) is 0. The van der Waals surface area contributed by atoms with Gasteiger partial charge in [0.05, 0.1) is 11.7 Å². The fraction of sp³-hybridized carbons (Fsp3) is 0.375. The van der Waals surface area contributed by atoms with Gasteiger partial charge in [0, 0.05) is 32.9 Å². The second kappa shape index (κ2) is 5.83. The Morgan fingerprint density at radius 3 is 2.70 bits per heavy atom. The average molecular weight is 314 g/mol. The summed E-state index contributed by atoms with van der Waals surface area (Å²) >= 11 is 0. The van der Waals surface area contributed by atoms with E-state index in [1.165, 1.54) is 24.7 Å². The predicted octanol–water partition coefficient (Wildman–Crippen LogP) is 0.456. The Bertz CT molecular complexity index is 854. The molecule has 3 heterocycles. The molecule has 1 fully saturated rings. The summed E-state index contributed by atoms with van der Waals surface area (Å²) in [6.07, 6.45) is 3.39. The van der Waals surface area contributed by atoms with Crippen LogP contribution in [0.4, 0.5) is 0 Å². The van der Waals surface area contributed by atoms with Crippen molar-refractivity contribution < 1.29 is 4.79 Å². The van der Waals surface area contributed by atoms with Gasteiger partial charge in [0.25, 0.3) is 11.5 Å². The zero-order chi connectivity index (χ0) is 16.6. The minimum absolute atomic E-state index is 0.112. The van der Waals surface area contributed by atoms with Gasteiger partial charge in [-0.2, -0.15) is 0 Å². The van der Waals surface area contributed by atoms with Crippen LogP contribution in [-0.4, -0.2) is 31.5 Å². The maximum Gasteiger partial charge on any atom is 0.331 e. The second-order valence-electron chi connectivity index (χ2n) is 5.68. The van der Waals surface area contributed by atoms with Crippen molar-refractivity contribution in [2.75, 3.05) is 6.54 Å². The van der Waals surface area contributed by atoms with Gasteiger partial charge in [-0.15, -0.1) is 0 Å². The summed E-state index contributed by atoms with van der Waals surface area (Å²) in [5.74, 6) is -0.310. The molecule has 1 unspecified atom stereocenters. The minimum atomic E-state index is -0.505. The van der Waals surface area contributed by atoms with E-state index in [1.54, 1.807) is 11.1 Å². The first kappa shape index (κ1) is 15.2. The molecule has 0 aromatic carbocycles. The van der Waals surface area contributed by atoms with Crippen molar-refractivity contribution in [3.63, 3.8) is 0 Å². The standard InChI is InChI=1S/C16H18N4O3/c1-18-13(10-14(21)19(2)16(18)23)15(22)20-9-5-7-12(20)11-6-3-4-8-17-11/h3-4,6,8,10,12H,5,7,9H2,1-2H3. The fourth-order valence-corrected chi connectivity index (χ4v) is 2.98. The Kier molecular flexibility index (Phi) is 3.85. The predicted molar refractivity (Wildman–Crippen MR) is 84.2 cm³/mol. The van der Waals surface area contributed by atoms with Gasteiger partial charge in [0.15, 0.2) is 0 Å². The molecule has 0 bridgehead atoms. The lowest BCUT2D eigenvalue weighted by atomic mass is 10.1. The van der Waals surface area contributed by atoms with E-state index in [9.17, 15) is 14.4 Å². The van der Waals surface area contributed by atoms with Crippen molar-refractivity contribution >= 4 is 5.91 Å². The number of rotatable bonds is 2. The van der Waals surface area contributed by atoms with Crippen molar-refractivity contribution in [2.24, 2.45) is 14.1 Å². The largest absolute Gasteiger partial charge is 0.331 e. The smallest absolute Gasteiger partial charge is 0.329 e. The molecule has 0 radical (unpaired) electrons.